The normalized spacial score (nSPS) is 11.3. The van der Waals surface area contributed by atoms with Gasteiger partial charge in [-0.2, -0.15) is 5.26 Å². The topological polar surface area (TPSA) is 122 Å². The van der Waals surface area contributed by atoms with Crippen LogP contribution in [0.4, 0.5) is 15.8 Å². The summed E-state index contributed by atoms with van der Waals surface area (Å²) in [5, 5.41) is 25.5. The number of nitro groups is 1. The predicted octanol–water partition coefficient (Wildman–Crippen LogP) is 5.70. The van der Waals surface area contributed by atoms with Crippen molar-refractivity contribution in [3.8, 4) is 17.3 Å². The van der Waals surface area contributed by atoms with E-state index in [-0.39, 0.29) is 27.5 Å². The molecule has 0 aliphatic rings. The Balaban J connectivity index is 1.67. The number of hydrogen-bond acceptors (Lipinski definition) is 8. The van der Waals surface area contributed by atoms with E-state index in [1.165, 1.54) is 6.20 Å². The number of nitrogens with zero attached hydrogens (tertiary/aromatic N) is 3. The van der Waals surface area contributed by atoms with Gasteiger partial charge in [-0.15, -0.1) is 11.3 Å². The summed E-state index contributed by atoms with van der Waals surface area (Å²) in [6, 6.07) is 11.8. The summed E-state index contributed by atoms with van der Waals surface area (Å²) in [7, 11) is 0. The molecule has 158 valence electrons. The number of non-ortho nitro benzene ring substituents is 1. The molecule has 0 saturated carbocycles. The first-order valence-corrected chi connectivity index (χ1v) is 10.5. The van der Waals surface area contributed by atoms with E-state index in [0.717, 1.165) is 34.0 Å². The number of thiazole rings is 1. The minimum Gasteiger partial charge on any atom is -0.422 e. The fraction of sp³-hybridized carbons (Fsp3) is 0. The molecule has 1 N–H and O–H groups in total. The lowest BCUT2D eigenvalue weighted by Crippen LogP contribution is -2.03. The van der Waals surface area contributed by atoms with Crippen molar-refractivity contribution >= 4 is 55.2 Å². The van der Waals surface area contributed by atoms with Gasteiger partial charge in [-0.05, 0) is 30.3 Å². The van der Waals surface area contributed by atoms with Gasteiger partial charge < -0.3 is 9.73 Å². The standard InChI is InChI=1S/C21H10BrFN4O4S/c22-13-1-4-19-11(5-13)6-15(21(28)31-19)18-10-32-20(26-18)12(8-24)9-25-17-7-14(27(29)30)2-3-16(17)23/h1-7,9-10,25H/b12-9-. The van der Waals surface area contributed by atoms with Gasteiger partial charge in [-0.25, -0.2) is 14.2 Å². The van der Waals surface area contributed by atoms with Crippen LogP contribution >= 0.6 is 27.3 Å². The van der Waals surface area contributed by atoms with Gasteiger partial charge in [-0.1, -0.05) is 15.9 Å². The number of fused-ring (bicyclic) bond motifs is 1. The van der Waals surface area contributed by atoms with Crippen molar-refractivity contribution in [1.29, 1.82) is 5.26 Å². The maximum Gasteiger partial charge on any atom is 0.345 e. The predicted molar refractivity (Wildman–Crippen MR) is 122 cm³/mol. The Labute approximate surface area is 191 Å². The summed E-state index contributed by atoms with van der Waals surface area (Å²) in [6.07, 6.45) is 1.20. The van der Waals surface area contributed by atoms with Crippen molar-refractivity contribution < 1.29 is 13.7 Å². The van der Waals surface area contributed by atoms with Gasteiger partial charge in [0.2, 0.25) is 0 Å². The summed E-state index contributed by atoms with van der Waals surface area (Å²) in [4.78, 5) is 27.0. The van der Waals surface area contributed by atoms with Crippen molar-refractivity contribution in [2.24, 2.45) is 0 Å². The highest BCUT2D eigenvalue weighted by molar-refractivity contribution is 9.10. The highest BCUT2D eigenvalue weighted by Crippen LogP contribution is 2.28. The first-order valence-electron chi connectivity index (χ1n) is 8.86. The number of rotatable bonds is 5. The second-order valence-corrected chi connectivity index (χ2v) is 8.18. The number of nitriles is 1. The van der Waals surface area contributed by atoms with Gasteiger partial charge in [0.25, 0.3) is 5.69 Å². The van der Waals surface area contributed by atoms with Crippen LogP contribution in [0.2, 0.25) is 0 Å². The highest BCUT2D eigenvalue weighted by atomic mass is 79.9. The van der Waals surface area contributed by atoms with E-state index in [1.807, 2.05) is 6.07 Å². The third kappa shape index (κ3) is 4.27. The SMILES string of the molecule is N#C/C(=C/Nc1cc([N+](=O)[O-])ccc1F)c1nc(-c2cc3cc(Br)ccc3oc2=O)cs1. The Kier molecular flexibility index (Phi) is 5.81. The third-order valence-electron chi connectivity index (χ3n) is 4.36. The number of nitrogens with one attached hydrogen (secondary N) is 1. The molecule has 0 fully saturated rings. The van der Waals surface area contributed by atoms with E-state index in [0.29, 0.717) is 16.7 Å². The summed E-state index contributed by atoms with van der Waals surface area (Å²) >= 11 is 4.48. The van der Waals surface area contributed by atoms with Crippen molar-refractivity contribution in [1.82, 2.24) is 4.98 Å². The Hall–Kier alpha value is -3.88. The van der Waals surface area contributed by atoms with Gasteiger partial charge in [0.15, 0.2) is 0 Å². The molecule has 0 aliphatic carbocycles. The molecular formula is C21H10BrFN4O4S. The van der Waals surface area contributed by atoms with Crippen LogP contribution in [0.1, 0.15) is 5.01 Å². The van der Waals surface area contributed by atoms with Gasteiger partial charge in [0, 0.05) is 33.6 Å². The van der Waals surface area contributed by atoms with Crippen LogP contribution in [-0.2, 0) is 0 Å². The van der Waals surface area contributed by atoms with Crippen molar-refractivity contribution in [3.63, 3.8) is 0 Å². The molecule has 0 saturated heterocycles. The first-order chi connectivity index (χ1) is 15.4. The lowest BCUT2D eigenvalue weighted by molar-refractivity contribution is -0.384. The van der Waals surface area contributed by atoms with Gasteiger partial charge in [0.1, 0.15) is 28.1 Å². The van der Waals surface area contributed by atoms with Gasteiger partial charge in [0.05, 0.1) is 21.9 Å². The maximum absolute atomic E-state index is 14.0. The van der Waals surface area contributed by atoms with Crippen LogP contribution < -0.4 is 10.9 Å². The first kappa shape index (κ1) is 21.4. The molecular weight excluding hydrogens is 503 g/mol. The molecule has 0 bridgehead atoms. The minimum atomic E-state index is -0.719. The van der Waals surface area contributed by atoms with E-state index in [4.69, 9.17) is 4.42 Å². The molecule has 0 amide bonds. The van der Waals surface area contributed by atoms with E-state index >= 15 is 0 Å². The van der Waals surface area contributed by atoms with E-state index in [2.05, 4.69) is 26.2 Å². The Morgan fingerprint density at radius 2 is 2.12 bits per heavy atom. The maximum atomic E-state index is 14.0. The Morgan fingerprint density at radius 3 is 2.88 bits per heavy atom. The molecule has 11 heteroatoms. The highest BCUT2D eigenvalue weighted by Gasteiger charge is 2.15. The number of allylic oxidation sites excluding steroid dienone is 1. The largest absolute Gasteiger partial charge is 0.422 e. The molecule has 4 rings (SSSR count). The molecule has 0 aliphatic heterocycles. The quantitative estimate of drug-likeness (QED) is 0.157. The fourth-order valence-corrected chi connectivity index (χ4v) is 3.99. The molecule has 0 atom stereocenters. The number of hydrogen-bond donors (Lipinski definition) is 1. The molecule has 4 aromatic rings. The molecule has 0 spiro atoms. The Morgan fingerprint density at radius 1 is 1.31 bits per heavy atom. The van der Waals surface area contributed by atoms with Crippen molar-refractivity contribution in [2.75, 3.05) is 5.32 Å². The second-order valence-electron chi connectivity index (χ2n) is 6.40. The Bertz CT molecular complexity index is 1510. The monoisotopic (exact) mass is 512 g/mol. The lowest BCUT2D eigenvalue weighted by atomic mass is 10.1. The average Bonchev–Trinajstić information content (AvgIpc) is 3.24. The van der Waals surface area contributed by atoms with Crippen LogP contribution in [0.5, 0.6) is 0 Å². The smallest absolute Gasteiger partial charge is 0.345 e. The van der Waals surface area contributed by atoms with Gasteiger partial charge in [-0.3, -0.25) is 10.1 Å². The molecule has 2 aromatic heterocycles. The number of anilines is 1. The van der Waals surface area contributed by atoms with Crippen LogP contribution in [0.15, 0.2) is 67.7 Å². The molecule has 8 nitrogen and oxygen atoms in total. The van der Waals surface area contributed by atoms with Crippen LogP contribution in [-0.4, -0.2) is 9.91 Å². The molecule has 2 aromatic carbocycles. The molecule has 0 radical (unpaired) electrons. The zero-order valence-electron chi connectivity index (χ0n) is 15.8. The van der Waals surface area contributed by atoms with Gasteiger partial charge >= 0.3 is 5.63 Å². The minimum absolute atomic E-state index is 0.0556. The lowest BCUT2D eigenvalue weighted by Gasteiger charge is -2.03. The molecule has 32 heavy (non-hydrogen) atoms. The summed E-state index contributed by atoms with van der Waals surface area (Å²) in [5.41, 5.74) is 0.00194. The second kappa shape index (κ2) is 8.70. The van der Waals surface area contributed by atoms with Crippen LogP contribution in [0.25, 0.3) is 27.8 Å². The number of nitro benzene ring substituents is 1. The van der Waals surface area contributed by atoms with Crippen LogP contribution in [0.3, 0.4) is 0 Å². The third-order valence-corrected chi connectivity index (χ3v) is 5.73. The van der Waals surface area contributed by atoms with Crippen molar-refractivity contribution in [3.05, 3.63) is 89.9 Å². The van der Waals surface area contributed by atoms with E-state index < -0.39 is 16.4 Å². The summed E-state index contributed by atoms with van der Waals surface area (Å²) in [5.74, 6) is -0.719. The molecule has 0 unspecified atom stereocenters. The summed E-state index contributed by atoms with van der Waals surface area (Å²) < 4.78 is 20.1. The summed E-state index contributed by atoms with van der Waals surface area (Å²) in [6.45, 7) is 0. The zero-order valence-corrected chi connectivity index (χ0v) is 18.2. The van der Waals surface area contributed by atoms with E-state index in [9.17, 15) is 24.6 Å². The van der Waals surface area contributed by atoms with Crippen LogP contribution in [0, 0.1) is 27.3 Å². The fourth-order valence-electron chi connectivity index (χ4n) is 2.82. The average molecular weight is 513 g/mol. The zero-order chi connectivity index (χ0) is 22.8. The number of halogens is 2. The number of benzene rings is 2. The van der Waals surface area contributed by atoms with Crippen molar-refractivity contribution in [2.45, 2.75) is 0 Å². The number of aromatic nitrogens is 1. The molecule has 2 heterocycles. The van der Waals surface area contributed by atoms with E-state index in [1.54, 1.807) is 29.6 Å².